The molecule has 3 nitrogen and oxygen atoms in total. The third kappa shape index (κ3) is 1.17. The Kier molecular flexibility index (Phi) is 2.12. The molecule has 17 heavy (non-hydrogen) atoms. The van der Waals surface area contributed by atoms with Crippen LogP contribution in [0.2, 0.25) is 0 Å². The van der Waals surface area contributed by atoms with Crippen LogP contribution in [0.4, 0.5) is 0 Å². The summed E-state index contributed by atoms with van der Waals surface area (Å²) in [5.41, 5.74) is 1.70. The molecule has 0 bridgehead atoms. The van der Waals surface area contributed by atoms with E-state index >= 15 is 0 Å². The lowest BCUT2D eigenvalue weighted by Gasteiger charge is -2.26. The first-order valence-corrected chi connectivity index (χ1v) is 6.14. The molecule has 2 aliphatic rings. The van der Waals surface area contributed by atoms with Crippen LogP contribution in [0.5, 0.6) is 0 Å². The summed E-state index contributed by atoms with van der Waals surface area (Å²) in [5, 5.41) is 2.51. The molecule has 2 atom stereocenters. The van der Waals surface area contributed by atoms with Crippen LogP contribution in [0.15, 0.2) is 24.3 Å². The summed E-state index contributed by atoms with van der Waals surface area (Å²) < 4.78 is 0. The Morgan fingerprint density at radius 1 is 1.35 bits per heavy atom. The van der Waals surface area contributed by atoms with Crippen LogP contribution in [0, 0.1) is 5.92 Å². The van der Waals surface area contributed by atoms with Gasteiger partial charge < -0.3 is 0 Å². The molecule has 0 saturated carbocycles. The molecule has 1 aliphatic carbocycles. The van der Waals surface area contributed by atoms with Gasteiger partial charge in [-0.1, -0.05) is 31.2 Å². The van der Waals surface area contributed by atoms with Crippen molar-refractivity contribution in [2.45, 2.75) is 31.6 Å². The van der Waals surface area contributed by atoms with Gasteiger partial charge in [0.05, 0.1) is 11.3 Å². The van der Waals surface area contributed by atoms with E-state index in [9.17, 15) is 9.59 Å². The topological polar surface area (TPSA) is 46.2 Å². The number of imide groups is 1. The van der Waals surface area contributed by atoms with Crippen molar-refractivity contribution < 1.29 is 9.59 Å². The van der Waals surface area contributed by atoms with E-state index in [1.165, 1.54) is 5.56 Å². The summed E-state index contributed by atoms with van der Waals surface area (Å²) in [5.74, 6) is -0.396. The SMILES string of the molecule is CC[C@@H]1C(=O)NC(=O)[C@]12CCc1ccccc12. The predicted molar refractivity (Wildman–Crippen MR) is 63.4 cm³/mol. The molecule has 1 fully saturated rings. The molecule has 0 aromatic heterocycles. The van der Waals surface area contributed by atoms with Crippen LogP contribution in [-0.2, 0) is 21.4 Å². The lowest BCUT2D eigenvalue weighted by Crippen LogP contribution is -2.37. The minimum absolute atomic E-state index is 0.0979. The molecular formula is C14H15NO2. The van der Waals surface area contributed by atoms with Gasteiger partial charge in [-0.15, -0.1) is 0 Å². The molecule has 1 saturated heterocycles. The lowest BCUT2D eigenvalue weighted by atomic mass is 9.71. The zero-order valence-corrected chi connectivity index (χ0v) is 9.82. The monoisotopic (exact) mass is 229 g/mol. The van der Waals surface area contributed by atoms with Crippen molar-refractivity contribution in [1.82, 2.24) is 5.32 Å². The standard InChI is InChI=1S/C14H15NO2/c1-2-10-12(16)15-13(17)14(10)8-7-9-5-3-4-6-11(9)14/h3-6,10H,2,7-8H2,1H3,(H,15,16,17)/t10-,14-/m1/s1. The van der Waals surface area contributed by atoms with Gasteiger partial charge in [0.2, 0.25) is 11.8 Å². The van der Waals surface area contributed by atoms with Crippen molar-refractivity contribution in [3.05, 3.63) is 35.4 Å². The van der Waals surface area contributed by atoms with Gasteiger partial charge in [0, 0.05) is 0 Å². The third-order valence-corrected chi connectivity index (χ3v) is 4.25. The van der Waals surface area contributed by atoms with Gasteiger partial charge in [0.15, 0.2) is 0 Å². The number of benzene rings is 1. The van der Waals surface area contributed by atoms with E-state index in [-0.39, 0.29) is 17.7 Å². The van der Waals surface area contributed by atoms with E-state index in [1.54, 1.807) is 0 Å². The highest BCUT2D eigenvalue weighted by Gasteiger charge is 2.57. The van der Waals surface area contributed by atoms with Gasteiger partial charge in [-0.05, 0) is 30.4 Å². The van der Waals surface area contributed by atoms with Crippen LogP contribution in [0.25, 0.3) is 0 Å². The molecule has 0 radical (unpaired) electrons. The Hall–Kier alpha value is -1.64. The number of nitrogens with one attached hydrogen (secondary N) is 1. The normalized spacial score (nSPS) is 30.8. The van der Waals surface area contributed by atoms with Crippen LogP contribution >= 0.6 is 0 Å². The fourth-order valence-electron chi connectivity index (χ4n) is 3.46. The second-order valence-electron chi connectivity index (χ2n) is 4.91. The first-order valence-electron chi connectivity index (χ1n) is 6.14. The molecule has 2 amide bonds. The number of carbonyl (C=O) groups excluding carboxylic acids is 2. The minimum Gasteiger partial charge on any atom is -0.295 e. The van der Waals surface area contributed by atoms with Gasteiger partial charge in [-0.3, -0.25) is 14.9 Å². The van der Waals surface area contributed by atoms with E-state index < -0.39 is 5.41 Å². The van der Waals surface area contributed by atoms with Gasteiger partial charge in [-0.2, -0.15) is 0 Å². The number of carbonyl (C=O) groups is 2. The molecule has 0 unspecified atom stereocenters. The van der Waals surface area contributed by atoms with Crippen molar-refractivity contribution in [3.63, 3.8) is 0 Å². The maximum atomic E-state index is 12.2. The molecule has 1 spiro atoms. The number of aryl methyl sites for hydroxylation is 1. The summed E-state index contributed by atoms with van der Waals surface area (Å²) in [6.07, 6.45) is 2.38. The van der Waals surface area contributed by atoms with Crippen molar-refractivity contribution in [2.75, 3.05) is 0 Å². The number of hydrogen-bond donors (Lipinski definition) is 1. The van der Waals surface area contributed by atoms with Crippen LogP contribution in [-0.4, -0.2) is 11.8 Å². The van der Waals surface area contributed by atoms with Gasteiger partial charge in [0.1, 0.15) is 0 Å². The molecule has 3 heteroatoms. The van der Waals surface area contributed by atoms with E-state index in [2.05, 4.69) is 11.4 Å². The lowest BCUT2D eigenvalue weighted by molar-refractivity contribution is -0.126. The second kappa shape index (κ2) is 3.42. The molecule has 1 N–H and O–H groups in total. The van der Waals surface area contributed by atoms with Gasteiger partial charge in [-0.25, -0.2) is 0 Å². The number of amides is 2. The van der Waals surface area contributed by atoms with E-state index in [4.69, 9.17) is 0 Å². The number of fused-ring (bicyclic) bond motifs is 2. The maximum Gasteiger partial charge on any atom is 0.238 e. The van der Waals surface area contributed by atoms with Gasteiger partial charge in [0.25, 0.3) is 0 Å². The first kappa shape index (κ1) is 10.5. The van der Waals surface area contributed by atoms with Crippen molar-refractivity contribution in [2.24, 2.45) is 5.92 Å². The summed E-state index contributed by atoms with van der Waals surface area (Å²) in [4.78, 5) is 24.1. The molecular weight excluding hydrogens is 214 g/mol. The predicted octanol–water partition coefficient (Wildman–Crippen LogP) is 1.55. The Labute approximate surface area is 100 Å². The Bertz CT molecular complexity index is 509. The molecule has 1 aromatic carbocycles. The van der Waals surface area contributed by atoms with Crippen LogP contribution < -0.4 is 5.32 Å². The van der Waals surface area contributed by atoms with Crippen LogP contribution in [0.3, 0.4) is 0 Å². The van der Waals surface area contributed by atoms with E-state index in [1.807, 2.05) is 25.1 Å². The molecule has 1 heterocycles. The van der Waals surface area contributed by atoms with E-state index in [0.29, 0.717) is 6.42 Å². The summed E-state index contributed by atoms with van der Waals surface area (Å²) in [7, 11) is 0. The zero-order valence-electron chi connectivity index (χ0n) is 9.82. The minimum atomic E-state index is -0.581. The van der Waals surface area contributed by atoms with E-state index in [0.717, 1.165) is 18.4 Å². The summed E-state index contributed by atoms with van der Waals surface area (Å²) in [6.45, 7) is 1.98. The van der Waals surface area contributed by atoms with Gasteiger partial charge >= 0.3 is 0 Å². The average Bonchev–Trinajstić information content (AvgIpc) is 2.82. The fraction of sp³-hybridized carbons (Fsp3) is 0.429. The van der Waals surface area contributed by atoms with Crippen molar-refractivity contribution in [1.29, 1.82) is 0 Å². The summed E-state index contributed by atoms with van der Waals surface area (Å²) in [6, 6.07) is 8.01. The molecule has 88 valence electrons. The smallest absolute Gasteiger partial charge is 0.238 e. The quantitative estimate of drug-likeness (QED) is 0.743. The molecule has 3 rings (SSSR count). The summed E-state index contributed by atoms with van der Waals surface area (Å²) >= 11 is 0. The van der Waals surface area contributed by atoms with Crippen LogP contribution in [0.1, 0.15) is 30.9 Å². The first-order chi connectivity index (χ1) is 8.20. The third-order valence-electron chi connectivity index (χ3n) is 4.25. The van der Waals surface area contributed by atoms with Crippen molar-refractivity contribution >= 4 is 11.8 Å². The van der Waals surface area contributed by atoms with Crippen molar-refractivity contribution in [3.8, 4) is 0 Å². The highest BCUT2D eigenvalue weighted by Crippen LogP contribution is 2.48. The largest absolute Gasteiger partial charge is 0.295 e. The highest BCUT2D eigenvalue weighted by molar-refractivity contribution is 6.11. The Morgan fingerprint density at radius 3 is 2.88 bits per heavy atom. The molecule has 1 aliphatic heterocycles. The molecule has 1 aromatic rings. The number of hydrogen-bond acceptors (Lipinski definition) is 2. The average molecular weight is 229 g/mol. The fourth-order valence-corrected chi connectivity index (χ4v) is 3.46. The highest BCUT2D eigenvalue weighted by atomic mass is 16.2. The Morgan fingerprint density at radius 2 is 2.12 bits per heavy atom. The second-order valence-corrected chi connectivity index (χ2v) is 4.91. The Balaban J connectivity index is 2.20. The number of rotatable bonds is 1. The zero-order chi connectivity index (χ0) is 12.0. The maximum absolute atomic E-state index is 12.2.